The van der Waals surface area contributed by atoms with E-state index in [9.17, 15) is 0 Å². The van der Waals surface area contributed by atoms with Crippen molar-refractivity contribution in [2.24, 2.45) is 4.99 Å². The molecule has 2 nitrogen and oxygen atoms in total. The number of thioether (sulfide) groups is 1. The molecule has 1 aromatic rings. The topological polar surface area (TPSA) is 25.2 Å². The minimum absolute atomic E-state index is 0.438. The fourth-order valence-corrected chi connectivity index (χ4v) is 3.36. The van der Waals surface area contributed by atoms with E-state index in [4.69, 9.17) is 0 Å². The molecule has 2 atom stereocenters. The van der Waals surface area contributed by atoms with Gasteiger partial charge in [0.1, 0.15) is 5.37 Å². The molecule has 1 aromatic heterocycles. The number of hydrogen-bond donors (Lipinski definition) is 0. The van der Waals surface area contributed by atoms with Gasteiger partial charge in [0.25, 0.3) is 0 Å². The number of fused-ring (bicyclic) bond motifs is 3. The molecule has 0 radical (unpaired) electrons. The molecule has 2 aliphatic heterocycles. The average molecular weight is 190 g/mol. The van der Waals surface area contributed by atoms with Crippen LogP contribution >= 0.6 is 11.8 Å². The Kier molecular flexibility index (Phi) is 1.65. The van der Waals surface area contributed by atoms with Gasteiger partial charge in [-0.05, 0) is 24.5 Å². The normalized spacial score (nSPS) is 29.8. The van der Waals surface area contributed by atoms with Crippen LogP contribution in [0.1, 0.15) is 24.3 Å². The molecular formula is C10H10N2S. The van der Waals surface area contributed by atoms with Crippen molar-refractivity contribution in [3.05, 3.63) is 24.0 Å². The van der Waals surface area contributed by atoms with Gasteiger partial charge in [0.05, 0.1) is 0 Å². The first-order valence-corrected chi connectivity index (χ1v) is 5.45. The molecule has 0 amide bonds. The molecule has 0 fully saturated rings. The maximum atomic E-state index is 4.52. The van der Waals surface area contributed by atoms with Crippen molar-refractivity contribution < 1.29 is 0 Å². The third-order valence-corrected chi connectivity index (χ3v) is 3.95. The van der Waals surface area contributed by atoms with Gasteiger partial charge in [-0.15, -0.1) is 0 Å². The van der Waals surface area contributed by atoms with Gasteiger partial charge in [-0.25, -0.2) is 0 Å². The van der Waals surface area contributed by atoms with Crippen LogP contribution in [0, 0.1) is 0 Å². The Morgan fingerprint density at radius 2 is 2.46 bits per heavy atom. The summed E-state index contributed by atoms with van der Waals surface area (Å²) in [5.74, 6) is 0.646. The van der Waals surface area contributed by atoms with E-state index in [1.165, 1.54) is 16.9 Å². The molecule has 0 spiro atoms. The highest BCUT2D eigenvalue weighted by Crippen LogP contribution is 2.48. The maximum absolute atomic E-state index is 4.52. The van der Waals surface area contributed by atoms with E-state index in [0.29, 0.717) is 11.3 Å². The number of aromatic nitrogens is 1. The van der Waals surface area contributed by atoms with Crippen LogP contribution in [0.2, 0.25) is 0 Å². The zero-order valence-electron chi connectivity index (χ0n) is 7.18. The Balaban J connectivity index is 2.07. The Labute approximate surface area is 81.5 Å². The lowest BCUT2D eigenvalue weighted by Crippen LogP contribution is -2.12. The zero-order valence-corrected chi connectivity index (χ0v) is 8.00. The Morgan fingerprint density at radius 1 is 1.46 bits per heavy atom. The quantitative estimate of drug-likeness (QED) is 0.628. The maximum Gasteiger partial charge on any atom is 0.106 e. The summed E-state index contributed by atoms with van der Waals surface area (Å²) in [4.78, 5) is 9.99. The molecule has 0 N–H and O–H groups in total. The van der Waals surface area contributed by atoms with Crippen LogP contribution in [0.4, 0.5) is 0 Å². The summed E-state index contributed by atoms with van der Waals surface area (Å²) in [5.41, 5.74) is 1.46. The van der Waals surface area contributed by atoms with Crippen molar-refractivity contribution in [2.45, 2.75) is 29.0 Å². The van der Waals surface area contributed by atoms with Gasteiger partial charge < -0.3 is 0 Å². The molecule has 3 rings (SSSR count). The molecule has 0 saturated carbocycles. The largest absolute Gasteiger partial charge is 0.282 e. The van der Waals surface area contributed by atoms with Crippen LogP contribution in [0.3, 0.4) is 0 Å². The molecule has 0 saturated heterocycles. The molecule has 2 aliphatic rings. The highest BCUT2D eigenvalue weighted by Gasteiger charge is 2.33. The van der Waals surface area contributed by atoms with Crippen molar-refractivity contribution in [1.29, 1.82) is 0 Å². The highest BCUT2D eigenvalue weighted by molar-refractivity contribution is 8.00. The van der Waals surface area contributed by atoms with E-state index in [-0.39, 0.29) is 0 Å². The van der Waals surface area contributed by atoms with Gasteiger partial charge >= 0.3 is 0 Å². The van der Waals surface area contributed by atoms with Crippen molar-refractivity contribution in [1.82, 2.24) is 4.98 Å². The predicted octanol–water partition coefficient (Wildman–Crippen LogP) is 2.46. The molecule has 3 heteroatoms. The average Bonchev–Trinajstić information content (AvgIpc) is 2.56. The zero-order chi connectivity index (χ0) is 8.67. The molecule has 0 bridgehead atoms. The SMILES string of the molecule is C1=NC2Sc3cnccc3C2CC1. The lowest BCUT2D eigenvalue weighted by atomic mass is 9.94. The second-order valence-electron chi connectivity index (χ2n) is 3.44. The van der Waals surface area contributed by atoms with Gasteiger partial charge in [-0.2, -0.15) is 0 Å². The highest BCUT2D eigenvalue weighted by atomic mass is 32.2. The first-order valence-electron chi connectivity index (χ1n) is 4.57. The lowest BCUT2D eigenvalue weighted by Gasteiger charge is -2.18. The fourth-order valence-electron chi connectivity index (χ4n) is 2.03. The summed E-state index contributed by atoms with van der Waals surface area (Å²) in [7, 11) is 0. The first kappa shape index (κ1) is 7.56. The molecule has 13 heavy (non-hydrogen) atoms. The molecule has 0 aliphatic carbocycles. The number of pyridine rings is 1. The van der Waals surface area contributed by atoms with Gasteiger partial charge in [-0.1, -0.05) is 11.8 Å². The Morgan fingerprint density at radius 3 is 3.46 bits per heavy atom. The number of nitrogens with zero attached hydrogens (tertiary/aromatic N) is 2. The minimum Gasteiger partial charge on any atom is -0.282 e. The summed E-state index contributed by atoms with van der Waals surface area (Å²) >= 11 is 1.86. The third-order valence-electron chi connectivity index (χ3n) is 2.67. The first-order chi connectivity index (χ1) is 6.45. The van der Waals surface area contributed by atoms with Crippen molar-refractivity contribution >= 4 is 18.0 Å². The molecule has 3 heterocycles. The van der Waals surface area contributed by atoms with Crippen molar-refractivity contribution in [3.8, 4) is 0 Å². The summed E-state index contributed by atoms with van der Waals surface area (Å²) < 4.78 is 0. The predicted molar refractivity (Wildman–Crippen MR) is 54.3 cm³/mol. The summed E-state index contributed by atoms with van der Waals surface area (Å²) in [6.07, 6.45) is 8.29. The smallest absolute Gasteiger partial charge is 0.106 e. The standard InChI is InChI=1S/C10H10N2S/c1-2-8-7-3-5-11-6-9(7)13-10(8)12-4-1/h3-6,8,10H,1-2H2. The Hall–Kier alpha value is -0.830. The van der Waals surface area contributed by atoms with Crippen LogP contribution in [0.15, 0.2) is 28.3 Å². The van der Waals surface area contributed by atoms with Gasteiger partial charge in [-0.3, -0.25) is 9.98 Å². The van der Waals surface area contributed by atoms with Gasteiger partial charge in [0.15, 0.2) is 0 Å². The monoisotopic (exact) mass is 190 g/mol. The second-order valence-corrected chi connectivity index (χ2v) is 4.60. The van der Waals surface area contributed by atoms with Gasteiger partial charge in [0, 0.05) is 29.4 Å². The van der Waals surface area contributed by atoms with Crippen LogP contribution in [-0.4, -0.2) is 16.6 Å². The molecule has 2 unspecified atom stereocenters. The van der Waals surface area contributed by atoms with Crippen molar-refractivity contribution in [3.63, 3.8) is 0 Å². The van der Waals surface area contributed by atoms with E-state index in [2.05, 4.69) is 22.3 Å². The van der Waals surface area contributed by atoms with Gasteiger partial charge in [0.2, 0.25) is 0 Å². The van der Waals surface area contributed by atoms with Crippen LogP contribution in [-0.2, 0) is 0 Å². The third kappa shape index (κ3) is 1.10. The number of rotatable bonds is 0. The van der Waals surface area contributed by atoms with E-state index < -0.39 is 0 Å². The van der Waals surface area contributed by atoms with Crippen LogP contribution in [0.25, 0.3) is 0 Å². The molecule has 66 valence electrons. The number of aliphatic imine (C=N–C) groups is 1. The molecule has 0 aromatic carbocycles. The minimum atomic E-state index is 0.438. The summed E-state index contributed by atoms with van der Waals surface area (Å²) in [6, 6.07) is 2.15. The summed E-state index contributed by atoms with van der Waals surface area (Å²) in [6.45, 7) is 0. The lowest BCUT2D eigenvalue weighted by molar-refractivity contribution is 0.609. The fraction of sp³-hybridized carbons (Fsp3) is 0.400. The second kappa shape index (κ2) is 2.84. The van der Waals surface area contributed by atoms with Crippen LogP contribution in [0.5, 0.6) is 0 Å². The van der Waals surface area contributed by atoms with E-state index in [0.717, 1.165) is 6.42 Å². The van der Waals surface area contributed by atoms with Crippen LogP contribution < -0.4 is 0 Å². The number of hydrogen-bond acceptors (Lipinski definition) is 3. The van der Waals surface area contributed by atoms with E-state index in [1.807, 2.05) is 24.2 Å². The Bertz CT molecular complexity index is 362. The summed E-state index contributed by atoms with van der Waals surface area (Å²) in [5, 5.41) is 0.438. The van der Waals surface area contributed by atoms with E-state index in [1.54, 1.807) is 0 Å². The molecular weight excluding hydrogens is 180 g/mol. The van der Waals surface area contributed by atoms with Crippen molar-refractivity contribution in [2.75, 3.05) is 0 Å². The van der Waals surface area contributed by atoms with E-state index >= 15 is 0 Å².